The Morgan fingerprint density at radius 3 is 2.19 bits per heavy atom. The first-order valence-corrected chi connectivity index (χ1v) is 9.21. The first-order valence-electron chi connectivity index (χ1n) is 9.21. The summed E-state index contributed by atoms with van der Waals surface area (Å²) >= 11 is 0. The fraction of sp³-hybridized carbons (Fsp3) is 0.0435. The van der Waals surface area contributed by atoms with E-state index in [1.165, 1.54) is 13.3 Å². The first-order chi connectivity index (χ1) is 15.1. The van der Waals surface area contributed by atoms with Crippen molar-refractivity contribution in [1.82, 2.24) is 5.43 Å². The van der Waals surface area contributed by atoms with Crippen LogP contribution in [0.1, 0.15) is 15.9 Å². The van der Waals surface area contributed by atoms with Gasteiger partial charge in [-0.05, 0) is 48.0 Å². The predicted molar refractivity (Wildman–Crippen MR) is 115 cm³/mol. The number of anilines is 1. The highest BCUT2D eigenvalue weighted by Crippen LogP contribution is 2.28. The van der Waals surface area contributed by atoms with Crippen molar-refractivity contribution >= 4 is 29.7 Å². The van der Waals surface area contributed by atoms with E-state index in [1.54, 1.807) is 78.9 Å². The summed E-state index contributed by atoms with van der Waals surface area (Å²) < 4.78 is 10.6. The topological polar surface area (TPSA) is 106 Å². The summed E-state index contributed by atoms with van der Waals surface area (Å²) in [6, 6.07) is 21.9. The van der Waals surface area contributed by atoms with E-state index in [4.69, 9.17) is 9.47 Å². The molecule has 0 heterocycles. The normalized spacial score (nSPS) is 10.4. The second-order valence-corrected chi connectivity index (χ2v) is 6.19. The first kappa shape index (κ1) is 21.3. The van der Waals surface area contributed by atoms with Crippen LogP contribution >= 0.6 is 0 Å². The lowest BCUT2D eigenvalue weighted by atomic mass is 10.2. The highest BCUT2D eigenvalue weighted by Gasteiger charge is 2.14. The summed E-state index contributed by atoms with van der Waals surface area (Å²) in [6.07, 6.45) is 1.33. The smallest absolute Gasteiger partial charge is 0.343 e. The molecule has 31 heavy (non-hydrogen) atoms. The fourth-order valence-electron chi connectivity index (χ4n) is 2.51. The number of carbonyl (C=O) groups is 3. The molecule has 3 rings (SSSR count). The third-order valence-corrected chi connectivity index (χ3v) is 4.02. The van der Waals surface area contributed by atoms with Gasteiger partial charge in [-0.15, -0.1) is 0 Å². The molecule has 0 aliphatic rings. The van der Waals surface area contributed by atoms with Crippen molar-refractivity contribution < 1.29 is 23.9 Å². The predicted octanol–water partition coefficient (Wildman–Crippen LogP) is 3.00. The highest BCUT2D eigenvalue weighted by molar-refractivity contribution is 6.39. The highest BCUT2D eigenvalue weighted by atomic mass is 16.6. The lowest BCUT2D eigenvalue weighted by Crippen LogP contribution is -2.32. The molecule has 0 unspecified atom stereocenters. The second kappa shape index (κ2) is 10.4. The van der Waals surface area contributed by atoms with E-state index in [-0.39, 0.29) is 5.75 Å². The van der Waals surface area contributed by atoms with Crippen molar-refractivity contribution in [2.45, 2.75) is 0 Å². The van der Waals surface area contributed by atoms with Gasteiger partial charge >= 0.3 is 17.8 Å². The van der Waals surface area contributed by atoms with Crippen LogP contribution < -0.4 is 20.2 Å². The van der Waals surface area contributed by atoms with Crippen molar-refractivity contribution in [3.63, 3.8) is 0 Å². The van der Waals surface area contributed by atoms with Crippen molar-refractivity contribution in [2.75, 3.05) is 12.4 Å². The van der Waals surface area contributed by atoms with Crippen molar-refractivity contribution in [1.29, 1.82) is 0 Å². The minimum Gasteiger partial charge on any atom is -0.493 e. The van der Waals surface area contributed by atoms with Gasteiger partial charge in [0.25, 0.3) is 0 Å². The van der Waals surface area contributed by atoms with E-state index in [0.29, 0.717) is 22.6 Å². The molecular weight excluding hydrogens is 398 g/mol. The minimum atomic E-state index is -0.916. The average Bonchev–Trinajstić information content (AvgIpc) is 2.81. The van der Waals surface area contributed by atoms with E-state index in [1.807, 2.05) is 0 Å². The number of hydrazone groups is 1. The van der Waals surface area contributed by atoms with Gasteiger partial charge in [-0.2, -0.15) is 5.10 Å². The Hall–Kier alpha value is -4.46. The molecule has 0 aromatic heterocycles. The maximum atomic E-state index is 12.2. The Balaban J connectivity index is 1.60. The zero-order valence-electron chi connectivity index (χ0n) is 16.6. The zero-order valence-corrected chi connectivity index (χ0v) is 16.6. The third kappa shape index (κ3) is 6.01. The van der Waals surface area contributed by atoms with Crippen molar-refractivity contribution in [3.8, 4) is 11.5 Å². The third-order valence-electron chi connectivity index (χ3n) is 4.02. The zero-order chi connectivity index (χ0) is 22.1. The van der Waals surface area contributed by atoms with Crippen molar-refractivity contribution in [2.24, 2.45) is 5.10 Å². The quantitative estimate of drug-likeness (QED) is 0.211. The van der Waals surface area contributed by atoms with Crippen LogP contribution in [0.3, 0.4) is 0 Å². The number of hydrogen-bond acceptors (Lipinski definition) is 6. The van der Waals surface area contributed by atoms with Gasteiger partial charge in [0.05, 0.1) is 18.9 Å². The molecule has 0 aliphatic carbocycles. The summed E-state index contributed by atoms with van der Waals surface area (Å²) in [4.78, 5) is 35.9. The van der Waals surface area contributed by atoms with Crippen LogP contribution in [0.15, 0.2) is 84.0 Å². The Labute approximate surface area is 178 Å². The molecule has 0 fully saturated rings. The van der Waals surface area contributed by atoms with Crippen LogP contribution in [0, 0.1) is 0 Å². The van der Waals surface area contributed by atoms with E-state index in [9.17, 15) is 14.4 Å². The fourth-order valence-corrected chi connectivity index (χ4v) is 2.51. The van der Waals surface area contributed by atoms with Gasteiger partial charge in [0.15, 0.2) is 11.5 Å². The van der Waals surface area contributed by atoms with Crippen LogP contribution in [-0.2, 0) is 9.59 Å². The number of amides is 2. The number of ether oxygens (including phenoxy) is 2. The number of para-hydroxylation sites is 1. The van der Waals surface area contributed by atoms with Crippen LogP contribution in [0.5, 0.6) is 11.5 Å². The number of nitrogens with one attached hydrogen (secondary N) is 2. The van der Waals surface area contributed by atoms with Gasteiger partial charge < -0.3 is 14.8 Å². The Bertz CT molecular complexity index is 1100. The molecule has 0 bridgehead atoms. The number of hydrogen-bond donors (Lipinski definition) is 2. The van der Waals surface area contributed by atoms with Gasteiger partial charge in [0, 0.05) is 5.69 Å². The van der Waals surface area contributed by atoms with Gasteiger partial charge in [-0.3, -0.25) is 9.59 Å². The number of rotatable bonds is 6. The molecule has 0 saturated carbocycles. The minimum absolute atomic E-state index is 0.236. The summed E-state index contributed by atoms with van der Waals surface area (Å²) in [5, 5.41) is 6.22. The van der Waals surface area contributed by atoms with Crippen molar-refractivity contribution in [3.05, 3.63) is 90.0 Å². The molecule has 8 nitrogen and oxygen atoms in total. The number of nitrogens with zero attached hydrogens (tertiary/aromatic N) is 1. The molecule has 3 aromatic rings. The van der Waals surface area contributed by atoms with Gasteiger partial charge in [-0.25, -0.2) is 10.2 Å². The van der Waals surface area contributed by atoms with Gasteiger partial charge in [-0.1, -0.05) is 36.4 Å². The van der Waals surface area contributed by atoms with Gasteiger partial charge in [0.2, 0.25) is 0 Å². The average molecular weight is 417 g/mol. The summed E-state index contributed by atoms with van der Waals surface area (Å²) in [6.45, 7) is 0. The van der Waals surface area contributed by atoms with E-state index >= 15 is 0 Å². The lowest BCUT2D eigenvalue weighted by molar-refractivity contribution is -0.136. The molecule has 0 atom stereocenters. The molecule has 0 radical (unpaired) electrons. The maximum Gasteiger partial charge on any atom is 0.343 e. The molecule has 0 spiro atoms. The van der Waals surface area contributed by atoms with Gasteiger partial charge in [0.1, 0.15) is 0 Å². The number of methoxy groups -OCH3 is 1. The van der Waals surface area contributed by atoms with E-state index < -0.39 is 17.8 Å². The number of benzene rings is 3. The Morgan fingerprint density at radius 2 is 1.52 bits per heavy atom. The van der Waals surface area contributed by atoms with Crippen LogP contribution in [-0.4, -0.2) is 31.1 Å². The van der Waals surface area contributed by atoms with Crippen LogP contribution in [0.2, 0.25) is 0 Å². The Kier molecular flexibility index (Phi) is 7.10. The molecule has 3 aromatic carbocycles. The van der Waals surface area contributed by atoms with Crippen LogP contribution in [0.4, 0.5) is 5.69 Å². The lowest BCUT2D eigenvalue weighted by Gasteiger charge is -2.10. The number of esters is 1. The molecule has 156 valence electrons. The SMILES string of the molecule is COc1cc(/C=N\NC(=O)C(=O)Nc2ccccc2)ccc1OC(=O)c1ccccc1. The monoisotopic (exact) mass is 417 g/mol. The summed E-state index contributed by atoms with van der Waals surface area (Å²) in [7, 11) is 1.44. The second-order valence-electron chi connectivity index (χ2n) is 6.19. The maximum absolute atomic E-state index is 12.2. The molecule has 2 amide bonds. The largest absolute Gasteiger partial charge is 0.493 e. The molecule has 0 saturated heterocycles. The summed E-state index contributed by atoms with van der Waals surface area (Å²) in [5.74, 6) is -1.73. The van der Waals surface area contributed by atoms with Crippen LogP contribution in [0.25, 0.3) is 0 Å². The standard InChI is InChI=1S/C23H19N3O5/c1-30-20-14-16(12-13-19(20)31-23(29)17-8-4-2-5-9-17)15-24-26-22(28)21(27)25-18-10-6-3-7-11-18/h2-15H,1H3,(H,25,27)(H,26,28)/b24-15-. The van der Waals surface area contributed by atoms with E-state index in [0.717, 1.165) is 0 Å². The molecular formula is C23H19N3O5. The molecule has 8 heteroatoms. The van der Waals surface area contributed by atoms with E-state index in [2.05, 4.69) is 15.8 Å². The molecule has 0 aliphatic heterocycles. The molecule has 2 N–H and O–H groups in total. The number of carbonyl (C=O) groups excluding carboxylic acids is 3. The Morgan fingerprint density at radius 1 is 0.839 bits per heavy atom. The summed E-state index contributed by atoms with van der Waals surface area (Å²) in [5.41, 5.74) is 3.61.